The minimum Gasteiger partial charge on any atom is -0.351 e. The first-order valence-electron chi connectivity index (χ1n) is 7.55. The summed E-state index contributed by atoms with van der Waals surface area (Å²) in [5.74, 6) is -0.426. The molecule has 2 aromatic heterocycles. The van der Waals surface area contributed by atoms with Crippen LogP contribution in [0.25, 0.3) is 5.65 Å². The number of carbonyl (C=O) groups excluding carboxylic acids is 1. The number of fused-ring (bicyclic) bond motifs is 1. The van der Waals surface area contributed by atoms with Crippen LogP contribution in [0, 0.1) is 6.92 Å². The molecule has 1 aromatic carbocycles. The van der Waals surface area contributed by atoms with Gasteiger partial charge >= 0.3 is 0 Å². The van der Waals surface area contributed by atoms with E-state index >= 15 is 0 Å². The molecule has 0 bridgehead atoms. The molecule has 0 spiro atoms. The molecule has 0 unspecified atom stereocenters. The molecule has 0 aliphatic carbocycles. The molecular weight excluding hydrogens is 326 g/mol. The lowest BCUT2D eigenvalue weighted by Gasteiger charge is -2.07. The zero-order chi connectivity index (χ0) is 17.1. The van der Waals surface area contributed by atoms with Gasteiger partial charge in [-0.05, 0) is 42.7 Å². The van der Waals surface area contributed by atoms with Crippen LogP contribution in [0.2, 0.25) is 5.02 Å². The largest absolute Gasteiger partial charge is 0.351 e. The minimum absolute atomic E-state index is 0.0317. The summed E-state index contributed by atoms with van der Waals surface area (Å²) in [6.45, 7) is 2.29. The molecule has 5 nitrogen and oxygen atoms in total. The fraction of sp³-hybridized carbons (Fsp3) is 0.167. The molecule has 0 fully saturated rings. The molecule has 3 rings (SSSR count). The average molecular weight is 342 g/mol. The fourth-order valence-corrected chi connectivity index (χ4v) is 2.66. The van der Waals surface area contributed by atoms with Crippen LogP contribution < -0.4 is 10.9 Å². The van der Waals surface area contributed by atoms with Crippen molar-refractivity contribution in [1.82, 2.24) is 14.7 Å². The van der Waals surface area contributed by atoms with Crippen LogP contribution in [-0.4, -0.2) is 21.8 Å². The summed E-state index contributed by atoms with van der Waals surface area (Å²) >= 11 is 5.93. The SMILES string of the molecule is Cc1ccc2ncc(C(=O)NCCc3cccc(Cl)c3)c(=O)n2c1. The standard InChI is InChI=1S/C18H16ClN3O2/c1-12-5-6-16-21-10-15(18(24)22(16)11-12)17(23)20-8-7-13-3-2-4-14(19)9-13/h2-6,9-11H,7-8H2,1H3,(H,20,23). The Morgan fingerprint density at radius 3 is 2.92 bits per heavy atom. The smallest absolute Gasteiger partial charge is 0.270 e. The lowest BCUT2D eigenvalue weighted by atomic mass is 10.1. The number of aryl methyl sites for hydroxylation is 1. The maximum Gasteiger partial charge on any atom is 0.270 e. The highest BCUT2D eigenvalue weighted by Crippen LogP contribution is 2.10. The van der Waals surface area contributed by atoms with Crippen molar-refractivity contribution < 1.29 is 4.79 Å². The Kier molecular flexibility index (Phi) is 4.62. The van der Waals surface area contributed by atoms with Crippen LogP contribution in [0.15, 0.2) is 53.6 Å². The zero-order valence-corrected chi connectivity index (χ0v) is 13.9. The van der Waals surface area contributed by atoms with Crippen LogP contribution in [-0.2, 0) is 6.42 Å². The van der Waals surface area contributed by atoms with Gasteiger partial charge < -0.3 is 5.32 Å². The van der Waals surface area contributed by atoms with Crippen molar-refractivity contribution in [3.05, 3.63) is 80.9 Å². The Bertz CT molecular complexity index is 966. The Labute approximate surface area is 143 Å². The van der Waals surface area contributed by atoms with E-state index in [1.165, 1.54) is 10.6 Å². The van der Waals surface area contributed by atoms with E-state index in [4.69, 9.17) is 11.6 Å². The molecule has 6 heteroatoms. The van der Waals surface area contributed by atoms with Gasteiger partial charge in [0, 0.05) is 24.0 Å². The van der Waals surface area contributed by atoms with Crippen LogP contribution in [0.5, 0.6) is 0 Å². The molecule has 1 N–H and O–H groups in total. The molecule has 24 heavy (non-hydrogen) atoms. The highest BCUT2D eigenvalue weighted by molar-refractivity contribution is 6.30. The quantitative estimate of drug-likeness (QED) is 0.793. The van der Waals surface area contributed by atoms with Gasteiger partial charge in [0.15, 0.2) is 0 Å². The number of hydrogen-bond acceptors (Lipinski definition) is 3. The Balaban J connectivity index is 1.74. The Morgan fingerprint density at radius 1 is 1.29 bits per heavy atom. The lowest BCUT2D eigenvalue weighted by Crippen LogP contribution is -2.32. The fourth-order valence-electron chi connectivity index (χ4n) is 2.45. The van der Waals surface area contributed by atoms with Crippen LogP contribution in [0.3, 0.4) is 0 Å². The van der Waals surface area contributed by atoms with E-state index in [0.717, 1.165) is 11.1 Å². The van der Waals surface area contributed by atoms with Gasteiger partial charge in [-0.15, -0.1) is 0 Å². The first kappa shape index (κ1) is 16.2. The molecule has 0 aliphatic rings. The number of carbonyl (C=O) groups is 1. The van der Waals surface area contributed by atoms with Crippen molar-refractivity contribution >= 4 is 23.2 Å². The Morgan fingerprint density at radius 2 is 2.12 bits per heavy atom. The first-order chi connectivity index (χ1) is 11.5. The summed E-state index contributed by atoms with van der Waals surface area (Å²) in [7, 11) is 0. The predicted octanol–water partition coefficient (Wildman–Crippen LogP) is 2.63. The van der Waals surface area contributed by atoms with Gasteiger partial charge in [0.2, 0.25) is 0 Å². The van der Waals surface area contributed by atoms with Crippen LogP contribution in [0.1, 0.15) is 21.5 Å². The van der Waals surface area contributed by atoms with Gasteiger partial charge in [-0.3, -0.25) is 14.0 Å². The number of hydrogen-bond donors (Lipinski definition) is 1. The molecule has 0 atom stereocenters. The van der Waals surface area contributed by atoms with Gasteiger partial charge in [0.1, 0.15) is 11.2 Å². The molecular formula is C18H16ClN3O2. The second-order valence-electron chi connectivity index (χ2n) is 5.55. The van der Waals surface area contributed by atoms with Crippen molar-refractivity contribution in [3.8, 4) is 0 Å². The summed E-state index contributed by atoms with van der Waals surface area (Å²) < 4.78 is 1.39. The van der Waals surface area contributed by atoms with E-state index < -0.39 is 5.91 Å². The second-order valence-corrected chi connectivity index (χ2v) is 5.98. The third kappa shape index (κ3) is 3.46. The normalized spacial score (nSPS) is 10.8. The summed E-state index contributed by atoms with van der Waals surface area (Å²) in [6, 6.07) is 11.1. The maximum absolute atomic E-state index is 12.4. The molecule has 2 heterocycles. The number of nitrogens with one attached hydrogen (secondary N) is 1. The molecule has 1 amide bonds. The number of nitrogens with zero attached hydrogens (tertiary/aromatic N) is 2. The second kappa shape index (κ2) is 6.84. The first-order valence-corrected chi connectivity index (χ1v) is 7.93. The number of amides is 1. The molecule has 0 saturated carbocycles. The topological polar surface area (TPSA) is 63.5 Å². The average Bonchev–Trinajstić information content (AvgIpc) is 2.55. The van der Waals surface area contributed by atoms with Gasteiger partial charge in [0.25, 0.3) is 11.5 Å². The maximum atomic E-state index is 12.4. The van der Waals surface area contributed by atoms with E-state index in [1.54, 1.807) is 18.3 Å². The highest BCUT2D eigenvalue weighted by atomic mass is 35.5. The monoisotopic (exact) mass is 341 g/mol. The molecule has 0 aliphatic heterocycles. The van der Waals surface area contributed by atoms with Crippen molar-refractivity contribution in [3.63, 3.8) is 0 Å². The van der Waals surface area contributed by atoms with E-state index in [2.05, 4.69) is 10.3 Å². The van der Waals surface area contributed by atoms with E-state index in [-0.39, 0.29) is 11.1 Å². The number of aromatic nitrogens is 2. The van der Waals surface area contributed by atoms with Crippen LogP contribution >= 0.6 is 11.6 Å². The highest BCUT2D eigenvalue weighted by Gasteiger charge is 2.12. The number of rotatable bonds is 4. The third-order valence-corrected chi connectivity index (χ3v) is 3.92. The third-order valence-electron chi connectivity index (χ3n) is 3.68. The van der Waals surface area contributed by atoms with E-state index in [9.17, 15) is 9.59 Å². The summed E-state index contributed by atoms with van der Waals surface area (Å²) in [6.07, 6.45) is 3.63. The van der Waals surface area contributed by atoms with Gasteiger partial charge in [-0.1, -0.05) is 29.8 Å². The van der Waals surface area contributed by atoms with E-state index in [1.807, 2.05) is 31.2 Å². The van der Waals surface area contributed by atoms with Gasteiger partial charge in [0.05, 0.1) is 0 Å². The number of pyridine rings is 1. The van der Waals surface area contributed by atoms with Crippen molar-refractivity contribution in [1.29, 1.82) is 0 Å². The molecule has 3 aromatic rings. The van der Waals surface area contributed by atoms with Gasteiger partial charge in [-0.2, -0.15) is 0 Å². The predicted molar refractivity (Wildman–Crippen MR) is 93.7 cm³/mol. The number of halogens is 1. The van der Waals surface area contributed by atoms with E-state index in [0.29, 0.717) is 23.6 Å². The molecule has 0 radical (unpaired) electrons. The zero-order valence-electron chi connectivity index (χ0n) is 13.1. The lowest BCUT2D eigenvalue weighted by molar-refractivity contribution is 0.0952. The molecule has 0 saturated heterocycles. The van der Waals surface area contributed by atoms with Crippen molar-refractivity contribution in [2.45, 2.75) is 13.3 Å². The van der Waals surface area contributed by atoms with Crippen molar-refractivity contribution in [2.75, 3.05) is 6.54 Å². The van der Waals surface area contributed by atoms with Gasteiger partial charge in [-0.25, -0.2) is 4.98 Å². The molecule has 122 valence electrons. The Hall–Kier alpha value is -2.66. The minimum atomic E-state index is -0.426. The van der Waals surface area contributed by atoms with Crippen molar-refractivity contribution in [2.24, 2.45) is 0 Å². The summed E-state index contributed by atoms with van der Waals surface area (Å²) in [5, 5.41) is 3.41. The summed E-state index contributed by atoms with van der Waals surface area (Å²) in [4.78, 5) is 28.9. The van der Waals surface area contributed by atoms with Crippen LogP contribution in [0.4, 0.5) is 0 Å². The number of benzene rings is 1. The summed E-state index contributed by atoms with van der Waals surface area (Å²) in [5.41, 5.74) is 2.12.